The third kappa shape index (κ3) is 4.67. The van der Waals surface area contributed by atoms with Crippen molar-refractivity contribution in [3.05, 3.63) is 59.1 Å². The molecule has 2 aromatic heterocycles. The molecule has 3 aromatic rings. The summed E-state index contributed by atoms with van der Waals surface area (Å²) in [5.41, 5.74) is 1.16. The van der Waals surface area contributed by atoms with Gasteiger partial charge in [0.1, 0.15) is 17.5 Å². The Morgan fingerprint density at radius 2 is 1.93 bits per heavy atom. The summed E-state index contributed by atoms with van der Waals surface area (Å²) < 4.78 is 27.2. The van der Waals surface area contributed by atoms with E-state index in [1.165, 1.54) is 12.1 Å². The second-order valence-corrected chi connectivity index (χ2v) is 6.12. The number of aromatic nitrogens is 5. The molecule has 1 aromatic carbocycles. The predicted molar refractivity (Wildman–Crippen MR) is 104 cm³/mol. The topological polar surface area (TPSA) is 91.4 Å². The Labute approximate surface area is 161 Å². The van der Waals surface area contributed by atoms with Gasteiger partial charge in [-0.05, 0) is 26.0 Å². The van der Waals surface area contributed by atoms with Crippen molar-refractivity contribution in [2.45, 2.75) is 33.2 Å². The molecule has 9 heteroatoms. The van der Waals surface area contributed by atoms with Crippen molar-refractivity contribution in [2.75, 3.05) is 10.6 Å². The number of hydrogen-bond donors (Lipinski definition) is 3. The van der Waals surface area contributed by atoms with Gasteiger partial charge in [0, 0.05) is 24.1 Å². The van der Waals surface area contributed by atoms with Gasteiger partial charge in [-0.15, -0.1) is 0 Å². The molecule has 146 valence electrons. The maximum Gasteiger partial charge on any atom is 0.233 e. The summed E-state index contributed by atoms with van der Waals surface area (Å²) in [6, 6.07) is 4.82. The van der Waals surface area contributed by atoms with Crippen molar-refractivity contribution in [3.8, 4) is 0 Å². The highest BCUT2D eigenvalue weighted by atomic mass is 19.1. The predicted octanol–water partition coefficient (Wildman–Crippen LogP) is 4.39. The first-order chi connectivity index (χ1) is 13.5. The number of anilines is 3. The molecule has 3 N–H and O–H groups in total. The van der Waals surface area contributed by atoms with E-state index in [2.05, 4.69) is 35.8 Å². The lowest BCUT2D eigenvalue weighted by atomic mass is 10.1. The number of hydrogen-bond acceptors (Lipinski definition) is 6. The molecule has 0 aliphatic rings. The number of H-pyrrole nitrogens is 1. The van der Waals surface area contributed by atoms with Crippen LogP contribution in [0, 0.1) is 11.6 Å². The molecule has 1 unspecified atom stereocenters. The third-order valence-electron chi connectivity index (χ3n) is 3.96. The highest BCUT2D eigenvalue weighted by Gasteiger charge is 2.14. The molecule has 0 radical (unpaired) electrons. The van der Waals surface area contributed by atoms with Crippen LogP contribution in [0.3, 0.4) is 0 Å². The Bertz CT molecular complexity index is 984. The number of nitrogens with one attached hydrogen (secondary N) is 3. The molecule has 28 heavy (non-hydrogen) atoms. The summed E-state index contributed by atoms with van der Waals surface area (Å²) in [7, 11) is 0. The van der Waals surface area contributed by atoms with Gasteiger partial charge < -0.3 is 10.6 Å². The Morgan fingerprint density at radius 1 is 1.14 bits per heavy atom. The Morgan fingerprint density at radius 3 is 2.64 bits per heavy atom. The summed E-state index contributed by atoms with van der Waals surface area (Å²) in [5.74, 6) is 0.483. The zero-order chi connectivity index (χ0) is 20.1. The van der Waals surface area contributed by atoms with Crippen LogP contribution in [-0.4, -0.2) is 25.1 Å². The zero-order valence-electron chi connectivity index (χ0n) is 15.8. The average molecular weight is 385 g/mol. The molecule has 0 amide bonds. The van der Waals surface area contributed by atoms with Crippen LogP contribution in [0.4, 0.5) is 26.5 Å². The fraction of sp³-hybridized carbons (Fsp3) is 0.263. The van der Waals surface area contributed by atoms with Crippen LogP contribution in [0.2, 0.25) is 0 Å². The molecular weight excluding hydrogens is 364 g/mol. The Balaban J connectivity index is 1.81. The van der Waals surface area contributed by atoms with Gasteiger partial charge in [0.25, 0.3) is 0 Å². The summed E-state index contributed by atoms with van der Waals surface area (Å²) >= 11 is 0. The Kier molecular flexibility index (Phi) is 5.93. The zero-order valence-corrected chi connectivity index (χ0v) is 15.8. The maximum atomic E-state index is 14.0. The molecule has 7 nitrogen and oxygen atoms in total. The lowest BCUT2D eigenvalue weighted by Crippen LogP contribution is -2.14. The first-order valence-corrected chi connectivity index (χ1v) is 8.90. The highest BCUT2D eigenvalue weighted by molar-refractivity contribution is 5.55. The van der Waals surface area contributed by atoms with Crippen LogP contribution in [0.15, 0.2) is 30.3 Å². The minimum Gasteiger partial charge on any atom is -0.347 e. The van der Waals surface area contributed by atoms with Crippen LogP contribution in [-0.2, 0) is 6.42 Å². The largest absolute Gasteiger partial charge is 0.347 e. The third-order valence-corrected chi connectivity index (χ3v) is 3.96. The summed E-state index contributed by atoms with van der Waals surface area (Å²) in [6.07, 6.45) is 4.37. The fourth-order valence-corrected chi connectivity index (χ4v) is 2.60. The van der Waals surface area contributed by atoms with Gasteiger partial charge in [0.05, 0.1) is 11.7 Å². The van der Waals surface area contributed by atoms with E-state index in [1.807, 2.05) is 32.1 Å². The number of halogens is 2. The van der Waals surface area contributed by atoms with E-state index in [1.54, 1.807) is 6.92 Å². The van der Waals surface area contributed by atoms with Gasteiger partial charge in [-0.3, -0.25) is 5.10 Å². The Hall–Kier alpha value is -3.36. The fourth-order valence-electron chi connectivity index (χ4n) is 2.60. The smallest absolute Gasteiger partial charge is 0.233 e. The van der Waals surface area contributed by atoms with Gasteiger partial charge in [-0.1, -0.05) is 19.1 Å². The van der Waals surface area contributed by atoms with Gasteiger partial charge in [0.15, 0.2) is 5.82 Å². The van der Waals surface area contributed by atoms with Gasteiger partial charge in [-0.2, -0.15) is 20.1 Å². The van der Waals surface area contributed by atoms with Gasteiger partial charge in [-0.25, -0.2) is 8.78 Å². The molecule has 0 saturated heterocycles. The lowest BCUT2D eigenvalue weighted by molar-refractivity contribution is 0.566. The van der Waals surface area contributed by atoms with Crippen molar-refractivity contribution in [2.24, 2.45) is 0 Å². The quantitative estimate of drug-likeness (QED) is 0.559. The van der Waals surface area contributed by atoms with Crippen molar-refractivity contribution >= 4 is 23.8 Å². The number of rotatable bonds is 7. The van der Waals surface area contributed by atoms with E-state index >= 15 is 0 Å². The van der Waals surface area contributed by atoms with Crippen molar-refractivity contribution in [3.63, 3.8) is 0 Å². The van der Waals surface area contributed by atoms with E-state index in [4.69, 9.17) is 0 Å². The van der Waals surface area contributed by atoms with E-state index in [-0.39, 0.29) is 5.95 Å². The molecule has 0 fully saturated rings. The number of benzene rings is 1. The maximum absolute atomic E-state index is 14.0. The number of nitrogens with zero attached hydrogens (tertiary/aromatic N) is 4. The second kappa shape index (κ2) is 8.55. The number of aryl methyl sites for hydroxylation is 1. The standard InChI is InChI=1S/C19H21F2N7/c1-4-6-13-10-17(28-27-13)25-19-24-16(5-2)23-18(26-19)22-11(3)14-8-7-12(20)9-15(14)21/h4,6-11H,5H2,1-3H3,(H3,22,23,24,25,26,27,28)/b6-4+. The molecule has 2 heterocycles. The van der Waals surface area contributed by atoms with Crippen LogP contribution in [0.25, 0.3) is 6.08 Å². The first kappa shape index (κ1) is 19.4. The van der Waals surface area contributed by atoms with E-state index in [9.17, 15) is 8.78 Å². The number of allylic oxidation sites excluding steroid dienone is 1. The first-order valence-electron chi connectivity index (χ1n) is 8.90. The second-order valence-electron chi connectivity index (χ2n) is 6.12. The molecule has 3 rings (SSSR count). The molecule has 0 aliphatic heterocycles. The number of aromatic amines is 1. The summed E-state index contributed by atoms with van der Waals surface area (Å²) in [5, 5.41) is 13.1. The average Bonchev–Trinajstić information content (AvgIpc) is 3.08. The van der Waals surface area contributed by atoms with Crippen molar-refractivity contribution < 1.29 is 8.78 Å². The molecule has 0 aliphatic carbocycles. The van der Waals surface area contributed by atoms with Crippen LogP contribution >= 0.6 is 0 Å². The minimum atomic E-state index is -0.629. The highest BCUT2D eigenvalue weighted by Crippen LogP contribution is 2.22. The molecular formula is C19H21F2N7. The van der Waals surface area contributed by atoms with Crippen LogP contribution < -0.4 is 10.6 Å². The lowest BCUT2D eigenvalue weighted by Gasteiger charge is -2.16. The molecule has 0 saturated carbocycles. The SMILES string of the molecule is C/C=C/c1cc(Nc2nc(CC)nc(NC(C)c3ccc(F)cc3F)n2)n[nH]1. The van der Waals surface area contributed by atoms with E-state index < -0.39 is 17.7 Å². The van der Waals surface area contributed by atoms with Crippen molar-refractivity contribution in [1.29, 1.82) is 0 Å². The molecule has 1 atom stereocenters. The minimum absolute atomic E-state index is 0.287. The van der Waals surface area contributed by atoms with Crippen molar-refractivity contribution in [1.82, 2.24) is 25.1 Å². The molecule has 0 bridgehead atoms. The van der Waals surface area contributed by atoms with E-state index in [0.717, 1.165) is 11.8 Å². The normalized spacial score (nSPS) is 12.3. The van der Waals surface area contributed by atoms with Gasteiger partial charge >= 0.3 is 0 Å². The summed E-state index contributed by atoms with van der Waals surface area (Å²) in [4.78, 5) is 13.0. The summed E-state index contributed by atoms with van der Waals surface area (Å²) in [6.45, 7) is 5.58. The van der Waals surface area contributed by atoms with Crippen LogP contribution in [0.1, 0.15) is 43.9 Å². The monoisotopic (exact) mass is 385 g/mol. The van der Waals surface area contributed by atoms with Crippen LogP contribution in [0.5, 0.6) is 0 Å². The van der Waals surface area contributed by atoms with Gasteiger partial charge in [0.2, 0.25) is 11.9 Å². The van der Waals surface area contributed by atoms with E-state index in [0.29, 0.717) is 29.6 Å². The molecule has 0 spiro atoms.